The Morgan fingerprint density at radius 1 is 1.42 bits per heavy atom. The summed E-state index contributed by atoms with van der Waals surface area (Å²) < 4.78 is 0. The van der Waals surface area contributed by atoms with Crippen LogP contribution >= 0.6 is 0 Å². The summed E-state index contributed by atoms with van der Waals surface area (Å²) in [6.45, 7) is 0. The van der Waals surface area contributed by atoms with Crippen molar-refractivity contribution >= 4 is 18.4 Å². The lowest BCUT2D eigenvalue weighted by Crippen LogP contribution is -2.36. The Kier molecular flexibility index (Phi) is 2.67. The second-order valence-corrected chi connectivity index (χ2v) is 2.68. The maximum atomic E-state index is 8.92. The van der Waals surface area contributed by atoms with E-state index in [0.29, 0.717) is 5.69 Å². The van der Waals surface area contributed by atoms with Crippen LogP contribution in [-0.4, -0.2) is 36.2 Å². The average Bonchev–Trinajstić information content (AvgIpc) is 2.04. The van der Waals surface area contributed by atoms with Gasteiger partial charge >= 0.3 is 7.12 Å². The fourth-order valence-electron chi connectivity index (χ4n) is 0.986. The molecule has 0 amide bonds. The molecule has 0 aliphatic heterocycles. The molecule has 1 heterocycles. The van der Waals surface area contributed by atoms with Gasteiger partial charge in [0.05, 0.1) is 11.3 Å². The summed E-state index contributed by atoms with van der Waals surface area (Å²) in [5, 5.41) is 17.8. The number of pyridine rings is 1. The van der Waals surface area contributed by atoms with Gasteiger partial charge < -0.3 is 14.9 Å². The Labute approximate surface area is 71.6 Å². The third kappa shape index (κ3) is 1.75. The van der Waals surface area contributed by atoms with Crippen molar-refractivity contribution in [2.45, 2.75) is 0 Å². The number of hydrogen-bond donors (Lipinski definition) is 2. The predicted molar refractivity (Wildman–Crippen MR) is 48.4 cm³/mol. The van der Waals surface area contributed by atoms with Crippen LogP contribution in [0.1, 0.15) is 0 Å². The van der Waals surface area contributed by atoms with Crippen molar-refractivity contribution in [1.29, 1.82) is 0 Å². The molecule has 1 rings (SSSR count). The lowest BCUT2D eigenvalue weighted by Gasteiger charge is -2.15. The summed E-state index contributed by atoms with van der Waals surface area (Å²) >= 11 is 0. The minimum atomic E-state index is -1.51. The summed E-state index contributed by atoms with van der Waals surface area (Å²) in [5.41, 5.74) is 0.995. The molecule has 0 atom stereocenters. The molecule has 1 aromatic heterocycles. The van der Waals surface area contributed by atoms with Crippen molar-refractivity contribution in [3.05, 3.63) is 18.3 Å². The van der Waals surface area contributed by atoms with Gasteiger partial charge in [0.1, 0.15) is 0 Å². The van der Waals surface area contributed by atoms with E-state index in [-0.39, 0.29) is 5.59 Å². The first kappa shape index (κ1) is 9.03. The fraction of sp³-hybridized carbons (Fsp3) is 0.286. The van der Waals surface area contributed by atoms with E-state index in [4.69, 9.17) is 10.0 Å². The summed E-state index contributed by atoms with van der Waals surface area (Å²) in [4.78, 5) is 5.64. The second kappa shape index (κ2) is 3.56. The van der Waals surface area contributed by atoms with Gasteiger partial charge in [-0.05, 0) is 12.1 Å². The van der Waals surface area contributed by atoms with Crippen LogP contribution in [0.2, 0.25) is 0 Å². The molecule has 0 radical (unpaired) electrons. The minimum Gasteiger partial charge on any atom is -0.422 e. The normalized spacial score (nSPS) is 9.67. The molecule has 0 spiro atoms. The van der Waals surface area contributed by atoms with Crippen LogP contribution in [0.15, 0.2) is 18.3 Å². The summed E-state index contributed by atoms with van der Waals surface area (Å²) in [6, 6.07) is 3.53. The lowest BCUT2D eigenvalue weighted by molar-refractivity contribution is 0.424. The summed E-state index contributed by atoms with van der Waals surface area (Å²) in [6.07, 6.45) is 1.53. The largest absolute Gasteiger partial charge is 0.510 e. The monoisotopic (exact) mass is 166 g/mol. The Morgan fingerprint density at radius 2 is 2.08 bits per heavy atom. The molecule has 0 saturated heterocycles. The third-order valence-electron chi connectivity index (χ3n) is 1.54. The predicted octanol–water partition coefficient (Wildman–Crippen LogP) is -1.17. The van der Waals surface area contributed by atoms with Crippen LogP contribution < -0.4 is 10.5 Å². The summed E-state index contributed by atoms with van der Waals surface area (Å²) in [5.74, 6) is 0. The smallest absolute Gasteiger partial charge is 0.422 e. The molecule has 0 bridgehead atoms. The van der Waals surface area contributed by atoms with E-state index in [9.17, 15) is 0 Å². The second-order valence-electron chi connectivity index (χ2n) is 2.68. The molecule has 4 nitrogen and oxygen atoms in total. The van der Waals surface area contributed by atoms with E-state index in [1.54, 1.807) is 17.0 Å². The van der Waals surface area contributed by atoms with Crippen LogP contribution in [0.4, 0.5) is 5.69 Å². The van der Waals surface area contributed by atoms with Gasteiger partial charge in [-0.3, -0.25) is 4.98 Å². The maximum absolute atomic E-state index is 8.92. The molecule has 64 valence electrons. The molecule has 0 aliphatic carbocycles. The van der Waals surface area contributed by atoms with E-state index >= 15 is 0 Å². The standard InChI is InChI=1S/C7H11BN2O2/c1-10(2)6-4-3-5-9-7(6)8(11)12/h3-5,11-12H,1-2H3. The Morgan fingerprint density at radius 3 is 2.50 bits per heavy atom. The highest BCUT2D eigenvalue weighted by Gasteiger charge is 2.17. The molecule has 5 heteroatoms. The quantitative estimate of drug-likeness (QED) is 0.543. The van der Waals surface area contributed by atoms with Crippen LogP contribution in [-0.2, 0) is 0 Å². The van der Waals surface area contributed by atoms with Crippen molar-refractivity contribution < 1.29 is 10.0 Å². The number of nitrogens with zero attached hydrogens (tertiary/aromatic N) is 2. The topological polar surface area (TPSA) is 56.6 Å². The first-order valence-corrected chi connectivity index (χ1v) is 3.61. The van der Waals surface area contributed by atoms with E-state index < -0.39 is 7.12 Å². The molecule has 0 unspecified atom stereocenters. The fourth-order valence-corrected chi connectivity index (χ4v) is 0.986. The first-order chi connectivity index (χ1) is 5.63. The molecule has 0 aliphatic rings. The molecule has 0 saturated carbocycles. The van der Waals surface area contributed by atoms with Gasteiger partial charge in [-0.15, -0.1) is 0 Å². The highest BCUT2D eigenvalue weighted by Crippen LogP contribution is 2.04. The first-order valence-electron chi connectivity index (χ1n) is 3.61. The molecular weight excluding hydrogens is 155 g/mol. The van der Waals surface area contributed by atoms with Crippen molar-refractivity contribution in [3.8, 4) is 0 Å². The SMILES string of the molecule is CN(C)c1cccnc1B(O)O. The number of aromatic nitrogens is 1. The molecule has 2 N–H and O–H groups in total. The number of hydrogen-bond acceptors (Lipinski definition) is 4. The third-order valence-corrected chi connectivity index (χ3v) is 1.54. The molecule has 0 fully saturated rings. The minimum absolute atomic E-state index is 0.280. The van der Waals surface area contributed by atoms with Gasteiger partial charge in [0.15, 0.2) is 0 Å². The highest BCUT2D eigenvalue weighted by molar-refractivity contribution is 6.59. The lowest BCUT2D eigenvalue weighted by atomic mass is 9.84. The zero-order chi connectivity index (χ0) is 9.14. The van der Waals surface area contributed by atoms with Gasteiger partial charge in [-0.2, -0.15) is 0 Å². The van der Waals surface area contributed by atoms with Gasteiger partial charge in [0.25, 0.3) is 0 Å². The van der Waals surface area contributed by atoms with Gasteiger partial charge in [-0.1, -0.05) is 0 Å². The van der Waals surface area contributed by atoms with Crippen molar-refractivity contribution in [2.75, 3.05) is 19.0 Å². The average molecular weight is 166 g/mol. The molecule has 12 heavy (non-hydrogen) atoms. The van der Waals surface area contributed by atoms with E-state index in [2.05, 4.69) is 4.98 Å². The molecule has 1 aromatic rings. The van der Waals surface area contributed by atoms with Gasteiger partial charge in [-0.25, -0.2) is 0 Å². The van der Waals surface area contributed by atoms with Crippen LogP contribution in [0, 0.1) is 0 Å². The molecule has 0 aromatic carbocycles. The van der Waals surface area contributed by atoms with E-state index in [1.807, 2.05) is 14.1 Å². The van der Waals surface area contributed by atoms with E-state index in [1.165, 1.54) is 6.20 Å². The number of rotatable bonds is 2. The Hall–Kier alpha value is -1.07. The zero-order valence-electron chi connectivity index (χ0n) is 7.10. The Balaban J connectivity index is 3.09. The van der Waals surface area contributed by atoms with Crippen LogP contribution in [0.25, 0.3) is 0 Å². The van der Waals surface area contributed by atoms with Gasteiger partial charge in [0, 0.05) is 20.3 Å². The molecular formula is C7H11BN2O2. The van der Waals surface area contributed by atoms with Crippen molar-refractivity contribution in [1.82, 2.24) is 4.98 Å². The number of anilines is 1. The van der Waals surface area contributed by atoms with Crippen LogP contribution in [0.5, 0.6) is 0 Å². The van der Waals surface area contributed by atoms with Crippen molar-refractivity contribution in [2.24, 2.45) is 0 Å². The maximum Gasteiger partial charge on any atom is 0.510 e. The van der Waals surface area contributed by atoms with E-state index in [0.717, 1.165) is 0 Å². The Bertz CT molecular complexity index is 238. The summed E-state index contributed by atoms with van der Waals surface area (Å²) in [7, 11) is 2.13. The van der Waals surface area contributed by atoms with Gasteiger partial charge in [0.2, 0.25) is 0 Å². The highest BCUT2D eigenvalue weighted by atomic mass is 16.4. The zero-order valence-corrected chi connectivity index (χ0v) is 7.10. The van der Waals surface area contributed by atoms with Crippen molar-refractivity contribution in [3.63, 3.8) is 0 Å². The van der Waals surface area contributed by atoms with Crippen LogP contribution in [0.3, 0.4) is 0 Å².